The predicted molar refractivity (Wildman–Crippen MR) is 119 cm³/mol. The minimum Gasteiger partial charge on any atom is -0.469 e. The minimum absolute atomic E-state index is 0.0129. The summed E-state index contributed by atoms with van der Waals surface area (Å²) in [5.41, 5.74) is 1.25. The molecule has 3 saturated heterocycles. The Labute approximate surface area is 189 Å². The summed E-state index contributed by atoms with van der Waals surface area (Å²) in [5, 5.41) is 3.13. The molecule has 0 aliphatic carbocycles. The normalized spacial score (nSPS) is 27.8. The Morgan fingerprint density at radius 1 is 1.19 bits per heavy atom. The summed E-state index contributed by atoms with van der Waals surface area (Å²) >= 11 is 0. The predicted octanol–water partition coefficient (Wildman–Crippen LogP) is 2.63. The first kappa shape index (κ1) is 21.2. The molecule has 2 bridgehead atoms. The number of carbonyl (C=O) groups is 2. The molecule has 1 N–H and O–H groups in total. The maximum Gasteiger partial charge on any atom is 0.243 e. The maximum absolute atomic E-state index is 13.4. The molecule has 0 spiro atoms. The van der Waals surface area contributed by atoms with Gasteiger partial charge in [-0.3, -0.25) is 19.5 Å². The van der Waals surface area contributed by atoms with Gasteiger partial charge < -0.3 is 14.6 Å². The average molecular weight is 437 g/mol. The Balaban J connectivity index is 1.28. The van der Waals surface area contributed by atoms with E-state index in [-0.39, 0.29) is 29.8 Å². The Hall–Kier alpha value is -2.67. The summed E-state index contributed by atoms with van der Waals surface area (Å²) in [6, 6.07) is 7.79. The van der Waals surface area contributed by atoms with E-state index in [0.717, 1.165) is 57.5 Å². The summed E-state index contributed by atoms with van der Waals surface area (Å²) in [6.45, 7) is 3.30. The van der Waals surface area contributed by atoms with Gasteiger partial charge in [-0.25, -0.2) is 0 Å². The Kier molecular flexibility index (Phi) is 6.26. The molecule has 3 aliphatic heterocycles. The van der Waals surface area contributed by atoms with Crippen molar-refractivity contribution in [1.82, 2.24) is 20.1 Å². The van der Waals surface area contributed by atoms with Crippen molar-refractivity contribution >= 4 is 11.8 Å². The van der Waals surface area contributed by atoms with Crippen molar-refractivity contribution in [3.8, 4) is 0 Å². The van der Waals surface area contributed by atoms with Crippen molar-refractivity contribution in [3.63, 3.8) is 0 Å². The summed E-state index contributed by atoms with van der Waals surface area (Å²) in [6.07, 6.45) is 10.5. The first-order valence-corrected chi connectivity index (χ1v) is 11.9. The smallest absolute Gasteiger partial charge is 0.243 e. The number of rotatable bonds is 7. The zero-order chi connectivity index (χ0) is 21.9. The summed E-state index contributed by atoms with van der Waals surface area (Å²) in [7, 11) is 0. The monoisotopic (exact) mass is 436 g/mol. The lowest BCUT2D eigenvalue weighted by atomic mass is 9.71. The average Bonchev–Trinajstić information content (AvgIpc) is 3.32. The lowest BCUT2D eigenvalue weighted by Crippen LogP contribution is -2.68. The Bertz CT molecular complexity index is 917. The molecule has 7 heteroatoms. The van der Waals surface area contributed by atoms with E-state index in [9.17, 15) is 9.59 Å². The molecular formula is C25H32N4O3. The largest absolute Gasteiger partial charge is 0.469 e. The third-order valence-corrected chi connectivity index (χ3v) is 7.32. The highest BCUT2D eigenvalue weighted by atomic mass is 16.3. The van der Waals surface area contributed by atoms with Crippen LogP contribution in [0.15, 0.2) is 47.3 Å². The van der Waals surface area contributed by atoms with Crippen LogP contribution in [0.2, 0.25) is 0 Å². The van der Waals surface area contributed by atoms with Gasteiger partial charge in [0.05, 0.1) is 6.26 Å². The van der Waals surface area contributed by atoms with Gasteiger partial charge in [0.25, 0.3) is 0 Å². The molecule has 2 amide bonds. The fourth-order valence-electron chi connectivity index (χ4n) is 6.00. The number of likely N-dealkylation sites (tertiary alicyclic amines) is 1. The van der Waals surface area contributed by atoms with Crippen LogP contribution in [-0.4, -0.2) is 58.3 Å². The highest BCUT2D eigenvalue weighted by Gasteiger charge is 2.51. The first-order chi connectivity index (χ1) is 15.7. The van der Waals surface area contributed by atoms with Crippen LogP contribution in [0.5, 0.6) is 0 Å². The Morgan fingerprint density at radius 3 is 2.84 bits per heavy atom. The van der Waals surface area contributed by atoms with Crippen LogP contribution in [-0.2, 0) is 22.6 Å². The molecule has 170 valence electrons. The number of furan rings is 1. The van der Waals surface area contributed by atoms with Gasteiger partial charge in [-0.2, -0.15) is 0 Å². The van der Waals surface area contributed by atoms with E-state index in [1.54, 1.807) is 6.26 Å². The molecule has 3 fully saturated rings. The third kappa shape index (κ3) is 4.44. The van der Waals surface area contributed by atoms with E-state index in [0.29, 0.717) is 18.9 Å². The minimum atomic E-state index is -0.354. The van der Waals surface area contributed by atoms with E-state index in [1.165, 1.54) is 5.56 Å². The molecule has 4 atom stereocenters. The fourth-order valence-corrected chi connectivity index (χ4v) is 6.00. The van der Waals surface area contributed by atoms with Gasteiger partial charge in [-0.05, 0) is 61.4 Å². The Morgan fingerprint density at radius 2 is 2.03 bits per heavy atom. The molecule has 32 heavy (non-hydrogen) atoms. The maximum atomic E-state index is 13.4. The summed E-state index contributed by atoms with van der Waals surface area (Å²) in [4.78, 5) is 34.9. The molecule has 2 aromatic heterocycles. The van der Waals surface area contributed by atoms with Gasteiger partial charge in [0.1, 0.15) is 11.8 Å². The number of fused-ring (bicyclic) bond motifs is 4. The molecule has 5 heterocycles. The van der Waals surface area contributed by atoms with Gasteiger partial charge in [-0.15, -0.1) is 0 Å². The van der Waals surface area contributed by atoms with Gasteiger partial charge in [-0.1, -0.05) is 0 Å². The van der Waals surface area contributed by atoms with Crippen LogP contribution in [0, 0.1) is 11.8 Å². The molecule has 0 saturated carbocycles. The van der Waals surface area contributed by atoms with E-state index < -0.39 is 0 Å². The number of carbonyl (C=O) groups excluding carboxylic acids is 2. The molecule has 0 aromatic carbocycles. The lowest BCUT2D eigenvalue weighted by Gasteiger charge is -2.56. The van der Waals surface area contributed by atoms with Crippen LogP contribution in [0.3, 0.4) is 0 Å². The fraction of sp³-hybridized carbons (Fsp3) is 0.560. The first-order valence-electron chi connectivity index (χ1n) is 11.9. The third-order valence-electron chi connectivity index (χ3n) is 7.32. The van der Waals surface area contributed by atoms with Crippen molar-refractivity contribution in [2.75, 3.05) is 19.6 Å². The molecular weight excluding hydrogens is 404 g/mol. The van der Waals surface area contributed by atoms with Crippen LogP contribution >= 0.6 is 0 Å². The van der Waals surface area contributed by atoms with Crippen LogP contribution < -0.4 is 5.32 Å². The van der Waals surface area contributed by atoms with Crippen LogP contribution in [0.25, 0.3) is 0 Å². The molecule has 7 nitrogen and oxygen atoms in total. The van der Waals surface area contributed by atoms with Crippen molar-refractivity contribution in [1.29, 1.82) is 0 Å². The van der Waals surface area contributed by atoms with Crippen molar-refractivity contribution in [3.05, 3.63) is 54.2 Å². The van der Waals surface area contributed by atoms with Crippen LogP contribution in [0.1, 0.15) is 43.4 Å². The van der Waals surface area contributed by atoms with Gasteiger partial charge in [0, 0.05) is 63.4 Å². The molecule has 0 radical (unpaired) electrons. The molecule has 3 aliphatic rings. The number of nitrogens with zero attached hydrogens (tertiary/aromatic N) is 3. The van der Waals surface area contributed by atoms with Crippen molar-refractivity contribution in [2.45, 2.75) is 57.2 Å². The van der Waals surface area contributed by atoms with E-state index in [2.05, 4.69) is 27.3 Å². The number of aromatic nitrogens is 1. The van der Waals surface area contributed by atoms with Gasteiger partial charge >= 0.3 is 0 Å². The van der Waals surface area contributed by atoms with Gasteiger partial charge in [0.15, 0.2) is 0 Å². The van der Waals surface area contributed by atoms with E-state index >= 15 is 0 Å². The van der Waals surface area contributed by atoms with E-state index in [4.69, 9.17) is 4.42 Å². The molecule has 2 aromatic rings. The standard InChI is InChI=1S/C25H32N4O3/c30-23-7-1-6-22-19-14-20(17-28(16-19)15-18-8-11-26-12-9-18)24(29(22)23)25(31)27-10-2-4-21-5-3-13-32-21/h3,5,8-9,11-13,19-20,22,24H,1-2,4,6-7,10,14-17H2,(H,27,31)/t19-,20+,22-,24+/m0/s1. The number of nitrogens with one attached hydrogen (secondary N) is 1. The highest BCUT2D eigenvalue weighted by Crippen LogP contribution is 2.42. The van der Waals surface area contributed by atoms with Crippen molar-refractivity contribution in [2.24, 2.45) is 11.8 Å². The number of amides is 2. The second-order valence-corrected chi connectivity index (χ2v) is 9.48. The number of pyridine rings is 1. The highest BCUT2D eigenvalue weighted by molar-refractivity contribution is 5.89. The molecule has 5 rings (SSSR count). The molecule has 0 unspecified atom stereocenters. The zero-order valence-electron chi connectivity index (χ0n) is 18.5. The summed E-state index contributed by atoms with van der Waals surface area (Å²) < 4.78 is 5.38. The number of piperidine rings is 3. The SMILES string of the molecule is O=C(NCCCc1ccco1)[C@H]1[C@@H]2C[C@@H](CN(Cc3ccncc3)C2)[C@@H]2CCCC(=O)N21. The van der Waals surface area contributed by atoms with Gasteiger partial charge in [0.2, 0.25) is 11.8 Å². The second kappa shape index (κ2) is 9.45. The lowest BCUT2D eigenvalue weighted by molar-refractivity contribution is -0.160. The summed E-state index contributed by atoms with van der Waals surface area (Å²) in [5.74, 6) is 1.74. The number of hydrogen-bond acceptors (Lipinski definition) is 5. The quantitative estimate of drug-likeness (QED) is 0.675. The number of aryl methyl sites for hydroxylation is 1. The van der Waals surface area contributed by atoms with E-state index in [1.807, 2.05) is 29.4 Å². The van der Waals surface area contributed by atoms with Crippen molar-refractivity contribution < 1.29 is 14.0 Å². The number of hydrogen-bond donors (Lipinski definition) is 1. The zero-order valence-corrected chi connectivity index (χ0v) is 18.5. The van der Waals surface area contributed by atoms with Crippen LogP contribution in [0.4, 0.5) is 0 Å². The topological polar surface area (TPSA) is 78.7 Å². The second-order valence-electron chi connectivity index (χ2n) is 9.48.